The Balaban J connectivity index is 2.25. The van der Waals surface area contributed by atoms with Crippen LogP contribution in [0.4, 0.5) is 0 Å². The molecule has 2 atom stereocenters. The molecule has 3 nitrogen and oxygen atoms in total. The molecule has 0 fully saturated rings. The van der Waals surface area contributed by atoms with Crippen LogP contribution in [-0.2, 0) is 11.2 Å². The molecule has 2 rings (SSSR count). The van der Waals surface area contributed by atoms with E-state index in [2.05, 4.69) is 0 Å². The maximum atomic E-state index is 10.6. The van der Waals surface area contributed by atoms with E-state index < -0.39 is 12.1 Å². The number of hydrogen-bond acceptors (Lipinski definition) is 2. The van der Waals surface area contributed by atoms with Crippen molar-refractivity contribution in [3.63, 3.8) is 0 Å². The zero-order valence-electron chi connectivity index (χ0n) is 8.60. The molecular formula is C12H14O3. The predicted octanol–water partition coefficient (Wildman–Crippen LogP) is 1.68. The highest BCUT2D eigenvalue weighted by atomic mass is 16.4. The topological polar surface area (TPSA) is 57.5 Å². The number of benzene rings is 1. The largest absolute Gasteiger partial charge is 0.481 e. The lowest BCUT2D eigenvalue weighted by Gasteiger charge is -2.12. The Hall–Kier alpha value is -1.35. The SMILES string of the molecule is Cc1ccc2c(c1)C(O)C(CC(=O)O)C2. The van der Waals surface area contributed by atoms with Gasteiger partial charge in [0.1, 0.15) is 0 Å². The summed E-state index contributed by atoms with van der Waals surface area (Å²) in [5, 5.41) is 18.7. The van der Waals surface area contributed by atoms with Gasteiger partial charge in [-0.25, -0.2) is 0 Å². The van der Waals surface area contributed by atoms with Gasteiger partial charge in [0, 0.05) is 5.92 Å². The highest BCUT2D eigenvalue weighted by Gasteiger charge is 2.32. The molecule has 1 aliphatic rings. The first-order valence-electron chi connectivity index (χ1n) is 5.07. The maximum absolute atomic E-state index is 10.6. The first kappa shape index (κ1) is 10.2. The predicted molar refractivity (Wildman–Crippen MR) is 55.6 cm³/mol. The number of carbonyl (C=O) groups is 1. The first-order valence-corrected chi connectivity index (χ1v) is 5.07. The number of fused-ring (bicyclic) bond motifs is 1. The van der Waals surface area contributed by atoms with Crippen LogP contribution in [0, 0.1) is 12.8 Å². The van der Waals surface area contributed by atoms with Crippen LogP contribution in [0.2, 0.25) is 0 Å². The normalized spacial score (nSPS) is 23.9. The Morgan fingerprint density at radius 2 is 2.27 bits per heavy atom. The van der Waals surface area contributed by atoms with Crippen LogP contribution in [0.5, 0.6) is 0 Å². The average Bonchev–Trinajstić information content (AvgIpc) is 2.44. The van der Waals surface area contributed by atoms with Crippen LogP contribution in [0.15, 0.2) is 18.2 Å². The third kappa shape index (κ3) is 1.88. The second-order valence-electron chi connectivity index (χ2n) is 4.21. The van der Waals surface area contributed by atoms with E-state index in [0.717, 1.165) is 16.7 Å². The molecule has 0 aromatic heterocycles. The van der Waals surface area contributed by atoms with Crippen molar-refractivity contribution in [2.24, 2.45) is 5.92 Å². The van der Waals surface area contributed by atoms with Crippen LogP contribution >= 0.6 is 0 Å². The summed E-state index contributed by atoms with van der Waals surface area (Å²) in [6.45, 7) is 1.97. The van der Waals surface area contributed by atoms with E-state index in [-0.39, 0.29) is 12.3 Å². The summed E-state index contributed by atoms with van der Waals surface area (Å²) in [6.07, 6.45) is 0.0915. The highest BCUT2D eigenvalue weighted by molar-refractivity contribution is 5.67. The molecule has 0 amide bonds. The Morgan fingerprint density at radius 1 is 1.53 bits per heavy atom. The minimum atomic E-state index is -0.844. The summed E-state index contributed by atoms with van der Waals surface area (Å²) in [4.78, 5) is 10.6. The quantitative estimate of drug-likeness (QED) is 0.774. The molecule has 0 bridgehead atoms. The summed E-state index contributed by atoms with van der Waals surface area (Å²) in [5.41, 5.74) is 3.09. The Morgan fingerprint density at radius 3 is 2.93 bits per heavy atom. The number of rotatable bonds is 2. The zero-order chi connectivity index (χ0) is 11.0. The smallest absolute Gasteiger partial charge is 0.303 e. The van der Waals surface area contributed by atoms with Gasteiger partial charge in [-0.2, -0.15) is 0 Å². The third-order valence-corrected chi connectivity index (χ3v) is 2.99. The molecule has 15 heavy (non-hydrogen) atoms. The number of hydrogen-bond donors (Lipinski definition) is 2. The lowest BCUT2D eigenvalue weighted by molar-refractivity contribution is -0.139. The molecule has 0 radical (unpaired) electrons. The van der Waals surface area contributed by atoms with E-state index in [1.54, 1.807) is 0 Å². The van der Waals surface area contributed by atoms with Crippen molar-refractivity contribution >= 4 is 5.97 Å². The molecule has 3 heteroatoms. The van der Waals surface area contributed by atoms with Crippen molar-refractivity contribution in [1.29, 1.82) is 0 Å². The second-order valence-corrected chi connectivity index (χ2v) is 4.21. The molecule has 0 aliphatic heterocycles. The van der Waals surface area contributed by atoms with Crippen molar-refractivity contribution in [3.05, 3.63) is 34.9 Å². The minimum absolute atomic E-state index is 0.0366. The van der Waals surface area contributed by atoms with Crippen molar-refractivity contribution in [3.8, 4) is 0 Å². The standard InChI is InChI=1S/C12H14O3/c1-7-2-3-8-5-9(6-11(13)14)12(15)10(8)4-7/h2-4,9,12,15H,5-6H2,1H3,(H,13,14). The zero-order valence-corrected chi connectivity index (χ0v) is 8.60. The molecule has 1 aromatic rings. The van der Waals surface area contributed by atoms with Crippen LogP contribution in [-0.4, -0.2) is 16.2 Å². The third-order valence-electron chi connectivity index (χ3n) is 2.99. The van der Waals surface area contributed by atoms with Gasteiger partial charge >= 0.3 is 5.97 Å². The van der Waals surface area contributed by atoms with Gasteiger partial charge in [0.15, 0.2) is 0 Å². The number of aliphatic carboxylic acids is 1. The van der Waals surface area contributed by atoms with E-state index in [0.29, 0.717) is 6.42 Å². The fourth-order valence-corrected chi connectivity index (χ4v) is 2.23. The summed E-state index contributed by atoms with van der Waals surface area (Å²) < 4.78 is 0. The Bertz CT molecular complexity index is 398. The summed E-state index contributed by atoms with van der Waals surface area (Å²) in [6, 6.07) is 5.92. The molecule has 2 unspecified atom stereocenters. The van der Waals surface area contributed by atoms with Gasteiger partial charge in [-0.1, -0.05) is 23.8 Å². The lowest BCUT2D eigenvalue weighted by Crippen LogP contribution is -2.12. The number of carboxylic acids is 1. The maximum Gasteiger partial charge on any atom is 0.303 e. The molecule has 1 aromatic carbocycles. The van der Waals surface area contributed by atoms with Crippen molar-refractivity contribution in [1.82, 2.24) is 0 Å². The van der Waals surface area contributed by atoms with Crippen LogP contribution in [0.3, 0.4) is 0 Å². The van der Waals surface area contributed by atoms with E-state index in [1.165, 1.54) is 0 Å². The van der Waals surface area contributed by atoms with E-state index >= 15 is 0 Å². The summed E-state index contributed by atoms with van der Waals surface area (Å²) in [7, 11) is 0. The van der Waals surface area contributed by atoms with Gasteiger partial charge in [-0.05, 0) is 24.5 Å². The highest BCUT2D eigenvalue weighted by Crippen LogP contribution is 2.38. The summed E-state index contributed by atoms with van der Waals surface area (Å²) in [5.74, 6) is -1.01. The van der Waals surface area contributed by atoms with Crippen LogP contribution < -0.4 is 0 Å². The fourth-order valence-electron chi connectivity index (χ4n) is 2.23. The second kappa shape index (κ2) is 3.66. The van der Waals surface area contributed by atoms with Gasteiger partial charge in [-0.15, -0.1) is 0 Å². The van der Waals surface area contributed by atoms with Crippen molar-refractivity contribution in [2.45, 2.75) is 25.9 Å². The number of carboxylic acid groups (broad SMARTS) is 1. The fraction of sp³-hybridized carbons (Fsp3) is 0.417. The van der Waals surface area contributed by atoms with Crippen molar-refractivity contribution in [2.75, 3.05) is 0 Å². The summed E-state index contributed by atoms with van der Waals surface area (Å²) >= 11 is 0. The number of aliphatic hydroxyl groups is 1. The molecule has 1 aliphatic carbocycles. The molecule has 0 saturated carbocycles. The molecule has 0 saturated heterocycles. The first-order chi connectivity index (χ1) is 7.08. The lowest BCUT2D eigenvalue weighted by atomic mass is 10.00. The van der Waals surface area contributed by atoms with Gasteiger partial charge in [0.05, 0.1) is 12.5 Å². The van der Waals surface area contributed by atoms with Crippen LogP contribution in [0.1, 0.15) is 29.2 Å². The molecule has 0 spiro atoms. The Labute approximate surface area is 88.4 Å². The van der Waals surface area contributed by atoms with E-state index in [4.69, 9.17) is 5.11 Å². The molecular weight excluding hydrogens is 192 g/mol. The van der Waals surface area contributed by atoms with Crippen LogP contribution in [0.25, 0.3) is 0 Å². The molecule has 0 heterocycles. The van der Waals surface area contributed by atoms with Gasteiger partial charge in [0.2, 0.25) is 0 Å². The average molecular weight is 206 g/mol. The monoisotopic (exact) mass is 206 g/mol. The molecule has 2 N–H and O–H groups in total. The number of aliphatic hydroxyl groups excluding tert-OH is 1. The van der Waals surface area contributed by atoms with E-state index in [1.807, 2.05) is 25.1 Å². The van der Waals surface area contributed by atoms with E-state index in [9.17, 15) is 9.90 Å². The number of aryl methyl sites for hydroxylation is 1. The van der Waals surface area contributed by atoms with Gasteiger partial charge in [-0.3, -0.25) is 4.79 Å². The molecule has 80 valence electrons. The minimum Gasteiger partial charge on any atom is -0.481 e. The Kier molecular flexibility index (Phi) is 2.49. The van der Waals surface area contributed by atoms with Gasteiger partial charge < -0.3 is 10.2 Å². The van der Waals surface area contributed by atoms with Gasteiger partial charge in [0.25, 0.3) is 0 Å². The van der Waals surface area contributed by atoms with Crippen molar-refractivity contribution < 1.29 is 15.0 Å².